The number of carbonyl (C=O) groups is 1. The fourth-order valence-electron chi connectivity index (χ4n) is 0.572. The summed E-state index contributed by atoms with van der Waals surface area (Å²) in [6.07, 6.45) is 4.45. The molecule has 0 aliphatic rings. The highest BCUT2D eigenvalue weighted by Crippen LogP contribution is 1.97. The van der Waals surface area contributed by atoms with Crippen LogP contribution in [0.3, 0.4) is 0 Å². The van der Waals surface area contributed by atoms with Gasteiger partial charge in [0.1, 0.15) is 6.42 Å². The first kappa shape index (κ1) is 10.4. The smallest absolute Gasteiger partial charge is 0.313 e. The number of hydrogen-bond donors (Lipinski definition) is 0. The lowest BCUT2D eigenvalue weighted by Crippen LogP contribution is -2.22. The van der Waals surface area contributed by atoms with Gasteiger partial charge in [0.25, 0.3) is 6.04 Å². The van der Waals surface area contributed by atoms with E-state index in [9.17, 15) is 14.9 Å². The molecule has 12 heavy (non-hydrogen) atoms. The summed E-state index contributed by atoms with van der Waals surface area (Å²) in [6, 6.07) is -1.27. The van der Waals surface area contributed by atoms with E-state index < -0.39 is 16.9 Å². The Labute approximate surface area is 69.9 Å². The molecule has 0 bridgehead atoms. The van der Waals surface area contributed by atoms with Gasteiger partial charge in [-0.15, -0.1) is 6.42 Å². The van der Waals surface area contributed by atoms with E-state index in [-0.39, 0.29) is 13.0 Å². The largest absolute Gasteiger partial charge is 0.466 e. The van der Waals surface area contributed by atoms with Crippen molar-refractivity contribution in [3.63, 3.8) is 0 Å². The molecule has 0 fully saturated rings. The third kappa shape index (κ3) is 3.56. The zero-order valence-corrected chi connectivity index (χ0v) is 6.65. The lowest BCUT2D eigenvalue weighted by Gasteiger charge is -2.01. The van der Waals surface area contributed by atoms with Crippen molar-refractivity contribution in [1.29, 1.82) is 0 Å². The predicted octanol–water partition coefficient (Wildman–Crippen LogP) is 0.218. The zero-order valence-electron chi connectivity index (χ0n) is 6.65. The molecule has 5 heteroatoms. The minimum Gasteiger partial charge on any atom is -0.466 e. The van der Waals surface area contributed by atoms with Crippen LogP contribution in [0.1, 0.15) is 13.3 Å². The molecule has 1 unspecified atom stereocenters. The van der Waals surface area contributed by atoms with Crippen molar-refractivity contribution in [2.75, 3.05) is 6.61 Å². The summed E-state index contributed by atoms with van der Waals surface area (Å²) in [7, 11) is 0. The molecule has 0 rings (SSSR count). The average Bonchev–Trinajstić information content (AvgIpc) is 2.00. The van der Waals surface area contributed by atoms with Crippen molar-refractivity contribution in [2.24, 2.45) is 0 Å². The molecule has 0 radical (unpaired) electrons. The Bertz CT molecular complexity index is 218. The number of terminal acetylenes is 1. The SMILES string of the molecule is C#CC(CC(=O)OCC)[N+](=O)[O-]. The Balaban J connectivity index is 3.97. The van der Waals surface area contributed by atoms with Gasteiger partial charge in [0.15, 0.2) is 0 Å². The second kappa shape index (κ2) is 5.13. The van der Waals surface area contributed by atoms with Crippen molar-refractivity contribution in [1.82, 2.24) is 0 Å². The van der Waals surface area contributed by atoms with Gasteiger partial charge in [0, 0.05) is 4.92 Å². The summed E-state index contributed by atoms with van der Waals surface area (Å²) in [5, 5.41) is 10.1. The molecule has 0 N–H and O–H groups in total. The quantitative estimate of drug-likeness (QED) is 0.262. The highest BCUT2D eigenvalue weighted by Gasteiger charge is 2.21. The Kier molecular flexibility index (Phi) is 4.46. The van der Waals surface area contributed by atoms with Gasteiger partial charge < -0.3 is 4.74 Å². The highest BCUT2D eigenvalue weighted by atomic mass is 16.6. The van der Waals surface area contributed by atoms with E-state index in [4.69, 9.17) is 6.42 Å². The molecule has 0 spiro atoms. The standard InChI is InChI=1S/C7H9NO4/c1-3-6(8(10)11)5-7(9)12-4-2/h1,6H,4-5H2,2H3. The molecule has 0 aromatic heterocycles. The molecular weight excluding hydrogens is 162 g/mol. The normalized spacial score (nSPS) is 11.3. The molecule has 66 valence electrons. The molecule has 0 heterocycles. The van der Waals surface area contributed by atoms with Crippen LogP contribution in [0.2, 0.25) is 0 Å². The molecule has 0 saturated heterocycles. The van der Waals surface area contributed by atoms with Crippen molar-refractivity contribution in [3.8, 4) is 12.3 Å². The monoisotopic (exact) mass is 171 g/mol. The summed E-state index contributed by atoms with van der Waals surface area (Å²) in [5.74, 6) is 1.25. The maximum absolute atomic E-state index is 10.7. The number of rotatable bonds is 4. The van der Waals surface area contributed by atoms with E-state index in [0.717, 1.165) is 0 Å². The molecule has 0 saturated carbocycles. The molecule has 0 aliphatic heterocycles. The summed E-state index contributed by atoms with van der Waals surface area (Å²) in [4.78, 5) is 20.1. The number of hydrogen-bond acceptors (Lipinski definition) is 4. The summed E-state index contributed by atoms with van der Waals surface area (Å²) >= 11 is 0. The van der Waals surface area contributed by atoms with E-state index in [1.165, 1.54) is 0 Å². The number of nitro groups is 1. The summed E-state index contributed by atoms with van der Waals surface area (Å²) in [5.41, 5.74) is 0. The Morgan fingerprint density at radius 2 is 2.42 bits per heavy atom. The maximum atomic E-state index is 10.7. The fraction of sp³-hybridized carbons (Fsp3) is 0.571. The van der Waals surface area contributed by atoms with Crippen molar-refractivity contribution >= 4 is 5.97 Å². The molecular formula is C7H9NO4. The number of carbonyl (C=O) groups excluding carboxylic acids is 1. The van der Waals surface area contributed by atoms with Crippen molar-refractivity contribution in [3.05, 3.63) is 10.1 Å². The minimum atomic E-state index is -1.27. The van der Waals surface area contributed by atoms with Crippen LogP contribution in [0.15, 0.2) is 0 Å². The van der Waals surface area contributed by atoms with E-state index in [0.29, 0.717) is 0 Å². The van der Waals surface area contributed by atoms with Crippen LogP contribution < -0.4 is 0 Å². The molecule has 0 aliphatic carbocycles. The first-order valence-electron chi connectivity index (χ1n) is 3.37. The second-order valence-corrected chi connectivity index (χ2v) is 1.98. The van der Waals surface area contributed by atoms with E-state index in [1.807, 2.05) is 5.92 Å². The van der Waals surface area contributed by atoms with Gasteiger partial charge in [-0.3, -0.25) is 14.9 Å². The summed E-state index contributed by atoms with van der Waals surface area (Å²) < 4.78 is 4.49. The lowest BCUT2D eigenvalue weighted by atomic mass is 10.2. The van der Waals surface area contributed by atoms with Crippen molar-refractivity contribution < 1.29 is 14.5 Å². The Hall–Kier alpha value is -1.57. The van der Waals surface area contributed by atoms with Crippen LogP contribution in [0, 0.1) is 22.5 Å². The first-order valence-corrected chi connectivity index (χ1v) is 3.37. The van der Waals surface area contributed by atoms with E-state index in [2.05, 4.69) is 4.74 Å². The Morgan fingerprint density at radius 1 is 1.83 bits per heavy atom. The van der Waals surface area contributed by atoms with Crippen LogP contribution in [0.4, 0.5) is 0 Å². The first-order chi connectivity index (χ1) is 5.61. The maximum Gasteiger partial charge on any atom is 0.313 e. The average molecular weight is 171 g/mol. The van der Waals surface area contributed by atoms with Gasteiger partial charge in [0.2, 0.25) is 0 Å². The Morgan fingerprint density at radius 3 is 2.75 bits per heavy atom. The minimum absolute atomic E-state index is 0.202. The zero-order chi connectivity index (χ0) is 9.56. The van der Waals surface area contributed by atoms with Crippen LogP contribution in [-0.2, 0) is 9.53 Å². The topological polar surface area (TPSA) is 69.4 Å². The van der Waals surface area contributed by atoms with Gasteiger partial charge in [0.05, 0.1) is 6.61 Å². The van der Waals surface area contributed by atoms with Crippen LogP contribution in [0.5, 0.6) is 0 Å². The number of ether oxygens (including phenoxy) is 1. The number of nitrogens with zero attached hydrogens (tertiary/aromatic N) is 1. The lowest BCUT2D eigenvalue weighted by molar-refractivity contribution is -0.505. The molecule has 1 atom stereocenters. The molecule has 5 nitrogen and oxygen atoms in total. The van der Waals surface area contributed by atoms with Crippen molar-refractivity contribution in [2.45, 2.75) is 19.4 Å². The van der Waals surface area contributed by atoms with Crippen LogP contribution >= 0.6 is 0 Å². The third-order valence-corrected chi connectivity index (χ3v) is 1.11. The van der Waals surface area contributed by atoms with Gasteiger partial charge in [-0.1, -0.05) is 0 Å². The highest BCUT2D eigenvalue weighted by molar-refractivity contribution is 5.70. The van der Waals surface area contributed by atoms with Crippen LogP contribution in [-0.4, -0.2) is 23.5 Å². The third-order valence-electron chi connectivity index (χ3n) is 1.11. The fourth-order valence-corrected chi connectivity index (χ4v) is 0.572. The van der Waals surface area contributed by atoms with Gasteiger partial charge in [-0.05, 0) is 12.8 Å². The van der Waals surface area contributed by atoms with Crippen LogP contribution in [0.25, 0.3) is 0 Å². The molecule has 0 aromatic carbocycles. The molecule has 0 amide bonds. The van der Waals surface area contributed by atoms with E-state index in [1.54, 1.807) is 6.92 Å². The van der Waals surface area contributed by atoms with E-state index >= 15 is 0 Å². The van der Waals surface area contributed by atoms with Gasteiger partial charge in [-0.25, -0.2) is 0 Å². The second-order valence-electron chi connectivity index (χ2n) is 1.98. The number of esters is 1. The molecule has 0 aromatic rings. The summed E-state index contributed by atoms with van der Waals surface area (Å²) in [6.45, 7) is 1.82. The van der Waals surface area contributed by atoms with Gasteiger partial charge in [-0.2, -0.15) is 0 Å². The predicted molar refractivity (Wildman–Crippen MR) is 40.9 cm³/mol. The van der Waals surface area contributed by atoms with Gasteiger partial charge >= 0.3 is 5.97 Å².